The van der Waals surface area contributed by atoms with Crippen LogP contribution in [0.15, 0.2) is 18.2 Å². The van der Waals surface area contributed by atoms with E-state index in [0.717, 1.165) is 12.1 Å². The molecule has 0 aliphatic carbocycles. The van der Waals surface area contributed by atoms with E-state index in [0.29, 0.717) is 0 Å². The van der Waals surface area contributed by atoms with Gasteiger partial charge in [-0.05, 0) is 12.1 Å². The summed E-state index contributed by atoms with van der Waals surface area (Å²) >= 11 is 0. The summed E-state index contributed by atoms with van der Waals surface area (Å²) in [5, 5.41) is 49.6. The number of carbonyl (C=O) groups is 1. The van der Waals surface area contributed by atoms with Gasteiger partial charge in [-0.2, -0.15) is 0 Å². The summed E-state index contributed by atoms with van der Waals surface area (Å²) in [7, 11) is 0. The van der Waals surface area contributed by atoms with Gasteiger partial charge in [-0.25, -0.2) is 0 Å². The van der Waals surface area contributed by atoms with Gasteiger partial charge in [0.05, 0.1) is 24.7 Å². The molecule has 9 heteroatoms. The van der Waals surface area contributed by atoms with E-state index in [4.69, 9.17) is 15.3 Å². The number of aliphatic hydroxyl groups is 3. The van der Waals surface area contributed by atoms with Gasteiger partial charge in [0, 0.05) is 0 Å². The van der Waals surface area contributed by atoms with Crippen molar-refractivity contribution in [3.8, 4) is 5.75 Å². The third-order valence-corrected chi connectivity index (χ3v) is 2.73. The summed E-state index contributed by atoms with van der Waals surface area (Å²) in [4.78, 5) is 21.9. The van der Waals surface area contributed by atoms with Crippen molar-refractivity contribution in [2.75, 3.05) is 19.8 Å². The van der Waals surface area contributed by atoms with Crippen molar-refractivity contribution < 1.29 is 30.1 Å². The maximum atomic E-state index is 12.0. The van der Waals surface area contributed by atoms with Crippen LogP contribution in [0.5, 0.6) is 5.75 Å². The van der Waals surface area contributed by atoms with Crippen LogP contribution in [0, 0.1) is 10.1 Å². The SMILES string of the molecule is O=C(NC(CO)(CO)CO)c1cccc(O)c1[N+](=O)[O-]. The van der Waals surface area contributed by atoms with Gasteiger partial charge in [-0.3, -0.25) is 14.9 Å². The first-order chi connectivity index (χ1) is 9.40. The highest BCUT2D eigenvalue weighted by Crippen LogP contribution is 2.29. The molecular formula is C11H14N2O7. The van der Waals surface area contributed by atoms with Gasteiger partial charge in [0.1, 0.15) is 11.1 Å². The maximum absolute atomic E-state index is 12.0. The van der Waals surface area contributed by atoms with E-state index in [9.17, 15) is 20.0 Å². The summed E-state index contributed by atoms with van der Waals surface area (Å²) in [6.45, 7) is -2.30. The van der Waals surface area contributed by atoms with Crippen molar-refractivity contribution in [3.63, 3.8) is 0 Å². The van der Waals surface area contributed by atoms with Gasteiger partial charge in [0.2, 0.25) is 0 Å². The average Bonchev–Trinajstić information content (AvgIpc) is 2.44. The number of nitrogens with one attached hydrogen (secondary N) is 1. The van der Waals surface area contributed by atoms with Crippen molar-refractivity contribution in [3.05, 3.63) is 33.9 Å². The number of hydrogen-bond acceptors (Lipinski definition) is 7. The maximum Gasteiger partial charge on any atom is 0.323 e. The van der Waals surface area contributed by atoms with Crippen molar-refractivity contribution in [2.45, 2.75) is 5.54 Å². The Morgan fingerprint density at radius 3 is 2.25 bits per heavy atom. The Kier molecular flexibility index (Phi) is 4.97. The minimum Gasteiger partial charge on any atom is -0.502 e. The van der Waals surface area contributed by atoms with Crippen LogP contribution in [0.2, 0.25) is 0 Å². The van der Waals surface area contributed by atoms with Crippen LogP contribution in [0.1, 0.15) is 10.4 Å². The van der Waals surface area contributed by atoms with Crippen LogP contribution in [0.3, 0.4) is 0 Å². The largest absolute Gasteiger partial charge is 0.502 e. The van der Waals surface area contributed by atoms with Crippen molar-refractivity contribution >= 4 is 11.6 Å². The lowest BCUT2D eigenvalue weighted by Crippen LogP contribution is -2.57. The zero-order valence-corrected chi connectivity index (χ0v) is 10.3. The molecule has 1 aromatic rings. The zero-order chi connectivity index (χ0) is 15.3. The monoisotopic (exact) mass is 286 g/mol. The molecule has 0 bridgehead atoms. The molecular weight excluding hydrogens is 272 g/mol. The molecule has 0 aromatic heterocycles. The normalized spacial score (nSPS) is 11.2. The number of rotatable bonds is 6. The van der Waals surface area contributed by atoms with Crippen LogP contribution >= 0.6 is 0 Å². The number of nitrogens with zero attached hydrogens (tertiary/aromatic N) is 1. The molecule has 20 heavy (non-hydrogen) atoms. The molecule has 110 valence electrons. The Hall–Kier alpha value is -2.23. The summed E-state index contributed by atoms with van der Waals surface area (Å²) < 4.78 is 0. The smallest absolute Gasteiger partial charge is 0.323 e. The molecule has 0 aliphatic heterocycles. The molecule has 9 nitrogen and oxygen atoms in total. The molecule has 0 saturated heterocycles. The van der Waals surface area contributed by atoms with E-state index in [1.807, 2.05) is 0 Å². The predicted octanol–water partition coefficient (Wildman–Crippen LogP) is -1.25. The van der Waals surface area contributed by atoms with E-state index in [1.54, 1.807) is 0 Å². The third-order valence-electron chi connectivity index (χ3n) is 2.73. The number of phenolic OH excluding ortho intramolecular Hbond substituents is 1. The molecule has 0 radical (unpaired) electrons. The molecule has 1 rings (SSSR count). The number of aliphatic hydroxyl groups excluding tert-OH is 3. The molecule has 0 aliphatic rings. The third kappa shape index (κ3) is 3.02. The molecule has 0 atom stereocenters. The first kappa shape index (κ1) is 15.8. The lowest BCUT2D eigenvalue weighted by atomic mass is 10.0. The van der Waals surface area contributed by atoms with Crippen LogP contribution in [0.4, 0.5) is 5.69 Å². The number of phenols is 1. The minimum atomic E-state index is -1.71. The number of nitro groups is 1. The van der Waals surface area contributed by atoms with E-state index in [1.165, 1.54) is 6.07 Å². The average molecular weight is 286 g/mol. The van der Waals surface area contributed by atoms with Gasteiger partial charge in [0.25, 0.3) is 5.91 Å². The lowest BCUT2D eigenvalue weighted by Gasteiger charge is -2.28. The van der Waals surface area contributed by atoms with Crippen LogP contribution in [-0.2, 0) is 0 Å². The fourth-order valence-corrected chi connectivity index (χ4v) is 1.48. The second kappa shape index (κ2) is 6.28. The number of carbonyl (C=O) groups excluding carboxylic acids is 1. The Labute approximate surface area is 113 Å². The number of nitro benzene ring substituents is 1. The van der Waals surface area contributed by atoms with Gasteiger partial charge in [0.15, 0.2) is 5.75 Å². The quantitative estimate of drug-likeness (QED) is 0.323. The van der Waals surface area contributed by atoms with Gasteiger partial charge >= 0.3 is 5.69 Å². The molecule has 1 amide bonds. The molecule has 0 unspecified atom stereocenters. The summed E-state index contributed by atoms with van der Waals surface area (Å²) in [5.41, 5.74) is -2.96. The second-order valence-electron chi connectivity index (χ2n) is 4.14. The van der Waals surface area contributed by atoms with Crippen molar-refractivity contribution in [2.24, 2.45) is 0 Å². The summed E-state index contributed by atoms with van der Waals surface area (Å²) in [6, 6.07) is 3.38. The van der Waals surface area contributed by atoms with Crippen LogP contribution in [-0.4, -0.2) is 56.6 Å². The highest BCUT2D eigenvalue weighted by molar-refractivity contribution is 5.99. The first-order valence-electron chi connectivity index (χ1n) is 5.52. The lowest BCUT2D eigenvalue weighted by molar-refractivity contribution is -0.386. The standard InChI is InChI=1S/C11H14N2O7/c14-4-11(5-15,6-16)12-10(18)7-2-1-3-8(17)9(7)13(19)20/h1-3,14-17H,4-6H2,(H,12,18). The fraction of sp³-hybridized carbons (Fsp3) is 0.364. The highest BCUT2D eigenvalue weighted by atomic mass is 16.6. The van der Waals surface area contributed by atoms with Gasteiger partial charge < -0.3 is 25.7 Å². The Balaban J connectivity index is 3.16. The first-order valence-corrected chi connectivity index (χ1v) is 5.52. The van der Waals surface area contributed by atoms with E-state index in [-0.39, 0.29) is 0 Å². The predicted molar refractivity (Wildman–Crippen MR) is 66.2 cm³/mol. The molecule has 0 spiro atoms. The minimum absolute atomic E-state index is 0.449. The molecule has 1 aromatic carbocycles. The number of hydrogen-bond donors (Lipinski definition) is 5. The van der Waals surface area contributed by atoms with Crippen molar-refractivity contribution in [1.82, 2.24) is 5.32 Å². The highest BCUT2D eigenvalue weighted by Gasteiger charge is 2.33. The molecule has 5 N–H and O–H groups in total. The van der Waals surface area contributed by atoms with Gasteiger partial charge in [-0.1, -0.05) is 6.07 Å². The second-order valence-corrected chi connectivity index (χ2v) is 4.14. The number of amides is 1. The summed E-state index contributed by atoms with van der Waals surface area (Å²) in [5.74, 6) is -1.70. The Morgan fingerprint density at radius 2 is 1.80 bits per heavy atom. The van der Waals surface area contributed by atoms with E-state index < -0.39 is 53.2 Å². The number of benzene rings is 1. The Morgan fingerprint density at radius 1 is 1.25 bits per heavy atom. The molecule has 0 saturated carbocycles. The molecule has 0 fully saturated rings. The molecule has 0 heterocycles. The number of aromatic hydroxyl groups is 1. The number of para-hydroxylation sites is 1. The van der Waals surface area contributed by atoms with E-state index >= 15 is 0 Å². The van der Waals surface area contributed by atoms with Gasteiger partial charge in [-0.15, -0.1) is 0 Å². The fourth-order valence-electron chi connectivity index (χ4n) is 1.48. The topological polar surface area (TPSA) is 153 Å². The zero-order valence-electron chi connectivity index (χ0n) is 10.3. The van der Waals surface area contributed by atoms with Crippen LogP contribution < -0.4 is 5.32 Å². The summed E-state index contributed by atoms with van der Waals surface area (Å²) in [6.07, 6.45) is 0. The van der Waals surface area contributed by atoms with Crippen LogP contribution in [0.25, 0.3) is 0 Å². The Bertz CT molecular complexity index is 505. The van der Waals surface area contributed by atoms with Crippen molar-refractivity contribution in [1.29, 1.82) is 0 Å². The van der Waals surface area contributed by atoms with E-state index in [2.05, 4.69) is 5.32 Å².